The van der Waals surface area contributed by atoms with Gasteiger partial charge >= 0.3 is 0 Å². The Bertz CT molecular complexity index is 914. The molecule has 3 heterocycles. The van der Waals surface area contributed by atoms with E-state index in [0.29, 0.717) is 40.6 Å². The Balaban J connectivity index is 1.68. The lowest BCUT2D eigenvalue weighted by Crippen LogP contribution is -2.63. The molecule has 6 rings (SSSR count). The first-order valence-electron chi connectivity index (χ1n) is 11.3. The van der Waals surface area contributed by atoms with Crippen LogP contribution in [-0.4, -0.2) is 6.71 Å². The van der Waals surface area contributed by atoms with E-state index >= 15 is 0 Å². The van der Waals surface area contributed by atoms with Gasteiger partial charge in [0.15, 0.2) is 6.71 Å². The maximum absolute atomic E-state index is 2.56. The average Bonchev–Trinajstić information content (AvgIpc) is 2.66. The number of allylic oxidation sites excluding steroid dienone is 12. The van der Waals surface area contributed by atoms with E-state index < -0.39 is 0 Å². The van der Waals surface area contributed by atoms with E-state index in [1.807, 2.05) is 0 Å². The second kappa shape index (κ2) is 4.97. The van der Waals surface area contributed by atoms with Gasteiger partial charge in [-0.1, -0.05) is 113 Å². The highest BCUT2D eigenvalue weighted by Gasteiger charge is 2.68. The average molecular weight is 368 g/mol. The molecular formula is C27H33B. The summed E-state index contributed by atoms with van der Waals surface area (Å²) in [6.07, 6.45) is 22.3. The standard InChI is InChI=1S/C27H33B/c1-25(2)16-10-7-12-18-22(16)28-23-17(25)11-8-13-19(23)27(5,6)21-15-9-14-20(24(21)28)26(18,3)4/h7-17,20,22-24H,1-6H3. The lowest BCUT2D eigenvalue weighted by molar-refractivity contribution is 0.119. The van der Waals surface area contributed by atoms with Crippen LogP contribution in [0.4, 0.5) is 0 Å². The first-order chi connectivity index (χ1) is 13.2. The molecule has 6 aliphatic rings. The van der Waals surface area contributed by atoms with Gasteiger partial charge in [0.2, 0.25) is 0 Å². The molecule has 0 radical (unpaired) electrons. The van der Waals surface area contributed by atoms with E-state index in [2.05, 4.69) is 96.2 Å². The van der Waals surface area contributed by atoms with E-state index in [-0.39, 0.29) is 10.8 Å². The summed E-state index contributed by atoms with van der Waals surface area (Å²) in [6.45, 7) is 15.9. The second-order valence-electron chi connectivity index (χ2n) is 11.9. The highest BCUT2D eigenvalue weighted by molar-refractivity contribution is 6.68. The molecule has 3 aliphatic heterocycles. The summed E-state index contributed by atoms with van der Waals surface area (Å²) in [5.74, 6) is 4.00. The minimum absolute atomic E-state index is 0.169. The molecule has 144 valence electrons. The number of hydrogen-bond donors (Lipinski definition) is 0. The summed E-state index contributed by atoms with van der Waals surface area (Å²) in [5.41, 5.74) is 5.85. The Morgan fingerprint density at radius 3 is 1.61 bits per heavy atom. The summed E-state index contributed by atoms with van der Waals surface area (Å²) in [4.78, 5) is 0. The van der Waals surface area contributed by atoms with Crippen LogP contribution in [0.25, 0.3) is 0 Å². The van der Waals surface area contributed by atoms with Crippen molar-refractivity contribution in [3.8, 4) is 0 Å². The van der Waals surface area contributed by atoms with Crippen molar-refractivity contribution in [1.82, 2.24) is 0 Å². The Morgan fingerprint density at radius 2 is 1.04 bits per heavy atom. The SMILES string of the molecule is CC1(C)C2=CC=CC3C2B2C4C1=CC=CC4C(C)(C)C1C=CC=C(C21)C3(C)C. The zero-order valence-electron chi connectivity index (χ0n) is 18.2. The Kier molecular flexibility index (Phi) is 3.08. The molecule has 6 unspecified atom stereocenters. The van der Waals surface area contributed by atoms with Gasteiger partial charge in [0.25, 0.3) is 0 Å². The molecule has 3 saturated heterocycles. The molecule has 0 aromatic heterocycles. The third-order valence-electron chi connectivity index (χ3n) is 10.0. The molecule has 0 aromatic rings. The van der Waals surface area contributed by atoms with Crippen LogP contribution >= 0.6 is 0 Å². The van der Waals surface area contributed by atoms with E-state index in [9.17, 15) is 0 Å². The van der Waals surface area contributed by atoms with Crippen molar-refractivity contribution in [3.05, 3.63) is 71.4 Å². The highest BCUT2D eigenvalue weighted by atomic mass is 14.6. The van der Waals surface area contributed by atoms with E-state index in [0.717, 1.165) is 6.71 Å². The van der Waals surface area contributed by atoms with Gasteiger partial charge in [0.05, 0.1) is 0 Å². The van der Waals surface area contributed by atoms with Crippen molar-refractivity contribution in [1.29, 1.82) is 0 Å². The van der Waals surface area contributed by atoms with Crippen LogP contribution in [0.1, 0.15) is 41.5 Å². The predicted molar refractivity (Wildman–Crippen MR) is 120 cm³/mol. The summed E-state index contributed by atoms with van der Waals surface area (Å²) in [5, 5.41) is 0. The van der Waals surface area contributed by atoms with Gasteiger partial charge in [-0.3, -0.25) is 0 Å². The van der Waals surface area contributed by atoms with Crippen LogP contribution in [0.5, 0.6) is 0 Å². The van der Waals surface area contributed by atoms with Crippen LogP contribution in [-0.2, 0) is 0 Å². The maximum Gasteiger partial charge on any atom is 0.165 e. The van der Waals surface area contributed by atoms with Crippen LogP contribution < -0.4 is 0 Å². The first-order valence-corrected chi connectivity index (χ1v) is 11.3. The van der Waals surface area contributed by atoms with E-state index in [4.69, 9.17) is 0 Å². The third-order valence-corrected chi connectivity index (χ3v) is 10.0. The second-order valence-corrected chi connectivity index (χ2v) is 11.9. The van der Waals surface area contributed by atoms with Crippen molar-refractivity contribution >= 4 is 6.71 Å². The Morgan fingerprint density at radius 1 is 0.607 bits per heavy atom. The molecule has 3 aliphatic carbocycles. The largest absolute Gasteiger partial charge is 0.165 e. The summed E-state index contributed by atoms with van der Waals surface area (Å²) in [7, 11) is 0. The Hall–Kier alpha value is -1.50. The van der Waals surface area contributed by atoms with Crippen molar-refractivity contribution in [2.24, 2.45) is 34.0 Å². The fourth-order valence-corrected chi connectivity index (χ4v) is 8.71. The van der Waals surface area contributed by atoms with Crippen LogP contribution in [0.3, 0.4) is 0 Å². The number of hydrogen-bond acceptors (Lipinski definition) is 0. The Labute approximate surface area is 171 Å². The fraction of sp³-hybridized carbons (Fsp3) is 0.556. The molecule has 28 heavy (non-hydrogen) atoms. The van der Waals surface area contributed by atoms with E-state index in [1.54, 1.807) is 16.7 Å². The van der Waals surface area contributed by atoms with Gasteiger partial charge in [-0.25, -0.2) is 0 Å². The fourth-order valence-electron chi connectivity index (χ4n) is 8.71. The van der Waals surface area contributed by atoms with Gasteiger partial charge < -0.3 is 0 Å². The topological polar surface area (TPSA) is 0 Å². The molecule has 6 atom stereocenters. The molecule has 0 aromatic carbocycles. The normalized spacial score (nSPS) is 44.4. The minimum Gasteiger partial charge on any atom is -0.0810 e. The van der Waals surface area contributed by atoms with Crippen molar-refractivity contribution in [3.63, 3.8) is 0 Å². The summed E-state index contributed by atoms with van der Waals surface area (Å²) < 4.78 is 0. The van der Waals surface area contributed by atoms with E-state index in [1.165, 1.54) is 0 Å². The smallest absolute Gasteiger partial charge is 0.0810 e. The summed E-state index contributed by atoms with van der Waals surface area (Å²) in [6, 6.07) is 0. The van der Waals surface area contributed by atoms with Crippen molar-refractivity contribution < 1.29 is 0 Å². The maximum atomic E-state index is 2.56. The minimum atomic E-state index is 0.169. The lowest BCUT2D eigenvalue weighted by atomic mass is 9.10. The molecule has 0 bridgehead atoms. The molecule has 0 N–H and O–H groups in total. The molecule has 1 heteroatoms. The molecule has 3 fully saturated rings. The monoisotopic (exact) mass is 368 g/mol. The number of rotatable bonds is 0. The van der Waals surface area contributed by atoms with Gasteiger partial charge in [0.1, 0.15) is 0 Å². The van der Waals surface area contributed by atoms with Crippen molar-refractivity contribution in [2.45, 2.75) is 59.0 Å². The van der Waals surface area contributed by atoms with Gasteiger partial charge in [-0.15, -0.1) is 0 Å². The zero-order chi connectivity index (χ0) is 19.6. The first kappa shape index (κ1) is 17.4. The quantitative estimate of drug-likeness (QED) is 0.402. The molecule has 0 amide bonds. The molecular weight excluding hydrogens is 335 g/mol. The predicted octanol–water partition coefficient (Wildman–Crippen LogP) is 7.05. The van der Waals surface area contributed by atoms with Crippen molar-refractivity contribution in [2.75, 3.05) is 0 Å². The third kappa shape index (κ3) is 1.73. The zero-order valence-corrected chi connectivity index (χ0v) is 18.2. The van der Waals surface area contributed by atoms with Gasteiger partial charge in [-0.2, -0.15) is 0 Å². The van der Waals surface area contributed by atoms with Crippen LogP contribution in [0.15, 0.2) is 71.4 Å². The lowest BCUT2D eigenvalue weighted by Gasteiger charge is -2.69. The molecule has 0 spiro atoms. The summed E-state index contributed by atoms with van der Waals surface area (Å²) >= 11 is 0. The molecule has 0 saturated carbocycles. The van der Waals surface area contributed by atoms with Gasteiger partial charge in [0, 0.05) is 5.41 Å². The molecule has 0 nitrogen and oxygen atoms in total. The van der Waals surface area contributed by atoms with Crippen LogP contribution in [0.2, 0.25) is 17.5 Å². The highest BCUT2D eigenvalue weighted by Crippen LogP contribution is 2.76. The van der Waals surface area contributed by atoms with Crippen LogP contribution in [0, 0.1) is 34.0 Å². The van der Waals surface area contributed by atoms with Gasteiger partial charge in [-0.05, 0) is 46.0 Å².